The van der Waals surface area contributed by atoms with Crippen LogP contribution in [-0.4, -0.2) is 65.5 Å². The minimum Gasteiger partial charge on any atom is -0.508 e. The van der Waals surface area contributed by atoms with E-state index in [1.165, 1.54) is 97.1 Å². The van der Waals surface area contributed by atoms with Gasteiger partial charge in [-0.1, -0.05) is 40.2 Å². The monoisotopic (exact) mass is 1770 g/mol. The van der Waals surface area contributed by atoms with Gasteiger partial charge in [0.25, 0.3) is 11.8 Å². The number of imide groups is 1. The average molecular weight is 1780 g/mol. The van der Waals surface area contributed by atoms with Gasteiger partial charge in [0.05, 0.1) is 33.2 Å². The zero-order valence-electron chi connectivity index (χ0n) is 47.8. The van der Waals surface area contributed by atoms with Gasteiger partial charge in [-0.2, -0.15) is 4.99 Å². The summed E-state index contributed by atoms with van der Waals surface area (Å²) in [6, 6.07) is 40.6. The second-order valence-electron chi connectivity index (χ2n) is 19.4. The number of nitrogens with zero attached hydrogens (tertiary/aromatic N) is 2. The molecule has 0 fully saturated rings. The van der Waals surface area contributed by atoms with Crippen molar-refractivity contribution in [3.8, 4) is 84.6 Å². The Morgan fingerprint density at radius 1 is 0.430 bits per heavy atom. The molecule has 3 aliphatic carbocycles. The summed E-state index contributed by atoms with van der Waals surface area (Å²) in [5.41, 5.74) is 6.16. The number of benzene rings is 9. The first kappa shape index (κ1) is 78.7. The molecule has 2 amide bonds. The van der Waals surface area contributed by atoms with Crippen LogP contribution in [0.1, 0.15) is 36.6 Å². The summed E-state index contributed by atoms with van der Waals surface area (Å²) in [7, 11) is 0. The third-order valence-electron chi connectivity index (χ3n) is 14.0. The van der Waals surface area contributed by atoms with E-state index in [4.69, 9.17) is 13.3 Å². The van der Waals surface area contributed by atoms with Gasteiger partial charge in [-0.05, 0) is 138 Å². The molecular weight excluding hydrogens is 1740 g/mol. The van der Waals surface area contributed by atoms with E-state index in [0.29, 0.717) is 94.2 Å². The molecule has 0 bridgehead atoms. The number of alkyl halides is 1. The van der Waals surface area contributed by atoms with E-state index in [2.05, 4.69) is 38.3 Å². The fourth-order valence-electron chi connectivity index (χ4n) is 10.3. The fraction of sp³-hybridized carbons (Fsp3) is 0.0152. The van der Waals surface area contributed by atoms with Crippen LogP contribution in [0.3, 0.4) is 0 Å². The standard InChI is InChI=1S/C24H13NO7.C21H13BrO5.C21H11NO5S.6Y/c26-13-2-5-16-19(10-13)32-20-11-14(27)3-6-17(20)23(16)15-4-1-12(9-18(15)24(30)31)25-21(28)7-8-22(25)29;22-10-11-1-4-14(17(7-11)21(25)26)20-15-5-2-12(23)8-18(15)27-19-9-13(24)3-6-16(19)20;23-12-2-5-15-18(8-12)27-19-9-13(24)3-6-16(19)20(15)14-4-1-11(22-10-28)7-17(14)21(25)26;;;;;;/h1-11,26H,(H,30,31);1-9,23H,10H2,(H,25,26);1-9,23H,(H,25,26);;;;;;. The molecule has 0 atom stereocenters. The van der Waals surface area contributed by atoms with E-state index in [-0.39, 0.29) is 269 Å². The van der Waals surface area contributed by atoms with E-state index in [1.54, 1.807) is 60.7 Å². The predicted molar refractivity (Wildman–Crippen MR) is 328 cm³/mol. The van der Waals surface area contributed by atoms with E-state index in [1.807, 2.05) is 6.07 Å². The molecule has 0 saturated heterocycles. The Morgan fingerprint density at radius 3 is 1.14 bits per heavy atom. The van der Waals surface area contributed by atoms with Crippen molar-refractivity contribution < 1.29 is 264 Å². The number of hydrogen-bond donors (Lipinski definition) is 6. The zero-order valence-corrected chi connectivity index (χ0v) is 67.2. The second-order valence-corrected chi connectivity index (χ2v) is 20.1. The summed E-state index contributed by atoms with van der Waals surface area (Å²) in [6.07, 6.45) is 2.23. The molecule has 6 aromatic rings. The molecular formula is C66H37BrN2O17SY6. The minimum atomic E-state index is -1.27. The number of hydrogen-bond acceptors (Lipinski definition) is 16. The van der Waals surface area contributed by atoms with Gasteiger partial charge in [0.2, 0.25) is 0 Å². The first-order chi connectivity index (χ1) is 41.8. The molecule has 444 valence electrons. The van der Waals surface area contributed by atoms with Crippen molar-refractivity contribution in [2.75, 3.05) is 4.90 Å². The van der Waals surface area contributed by atoms with Crippen LogP contribution in [0.5, 0.6) is 17.2 Å². The number of fused-ring (bicyclic) bond motifs is 6. The Morgan fingerprint density at radius 2 is 0.774 bits per heavy atom. The maximum Gasteiger partial charge on any atom is 0.336 e. The van der Waals surface area contributed by atoms with E-state index >= 15 is 0 Å². The number of thiocarbonyl (C=S) groups is 1. The molecule has 0 saturated carbocycles. The summed E-state index contributed by atoms with van der Waals surface area (Å²) in [5.74, 6) is -3.79. The molecule has 4 heterocycles. The van der Waals surface area contributed by atoms with Crippen molar-refractivity contribution in [1.29, 1.82) is 0 Å². The van der Waals surface area contributed by atoms with Crippen molar-refractivity contribution in [2.45, 2.75) is 5.33 Å². The number of carboxylic acids is 3. The molecule has 6 radical (unpaired) electrons. The number of halogens is 1. The molecule has 0 aromatic heterocycles. The molecule has 6 N–H and O–H groups in total. The van der Waals surface area contributed by atoms with E-state index < -0.39 is 29.7 Å². The number of carbonyl (C=O) groups is 5. The van der Waals surface area contributed by atoms with Crippen LogP contribution in [0.15, 0.2) is 209 Å². The summed E-state index contributed by atoms with van der Waals surface area (Å²) in [4.78, 5) is 100. The number of phenolic OH excluding ortho intramolecular Hbond substituents is 3. The van der Waals surface area contributed by atoms with Crippen molar-refractivity contribution in [3.63, 3.8) is 0 Å². The maximum atomic E-state index is 12.2. The van der Waals surface area contributed by atoms with Crippen molar-refractivity contribution in [2.24, 2.45) is 4.99 Å². The molecule has 7 aliphatic rings. The first-order valence-electron chi connectivity index (χ1n) is 25.7. The molecule has 27 heteroatoms. The van der Waals surface area contributed by atoms with E-state index in [0.717, 1.165) is 22.6 Å². The number of aromatic hydroxyl groups is 3. The summed E-state index contributed by atoms with van der Waals surface area (Å²) < 4.78 is 17.4. The average Bonchev–Trinajstić information content (AvgIpc) is 0.984. The number of aromatic carboxylic acids is 3. The molecule has 19 nitrogen and oxygen atoms in total. The summed E-state index contributed by atoms with van der Waals surface area (Å²) in [6.45, 7) is 0. The van der Waals surface area contributed by atoms with Gasteiger partial charge in [0, 0.05) is 300 Å². The molecule has 13 rings (SSSR count). The Hall–Kier alpha value is -5.02. The van der Waals surface area contributed by atoms with Crippen LogP contribution < -0.4 is 21.2 Å². The Bertz CT molecular complexity index is 5110. The van der Waals surface area contributed by atoms with Crippen LogP contribution in [0.25, 0.3) is 100 Å². The van der Waals surface area contributed by atoms with Gasteiger partial charge in [0.1, 0.15) is 51.3 Å². The van der Waals surface area contributed by atoms with Crippen molar-refractivity contribution in [1.82, 2.24) is 0 Å². The number of carboxylic acid groups (broad SMARTS) is 3. The largest absolute Gasteiger partial charge is 0.508 e. The summed E-state index contributed by atoms with van der Waals surface area (Å²) in [5, 5.41) is 63.4. The Balaban J connectivity index is 0.000000246. The third kappa shape index (κ3) is 16.7. The second kappa shape index (κ2) is 33.8. The fourth-order valence-corrected chi connectivity index (χ4v) is 10.7. The van der Waals surface area contributed by atoms with Crippen LogP contribution >= 0.6 is 28.1 Å². The number of isothiocyanates is 1. The number of anilines is 1. The van der Waals surface area contributed by atoms with Gasteiger partial charge in [-0.15, -0.1) is 0 Å². The van der Waals surface area contributed by atoms with Crippen LogP contribution in [-0.2, 0) is 211 Å². The van der Waals surface area contributed by atoms with Gasteiger partial charge < -0.3 is 43.9 Å². The van der Waals surface area contributed by atoms with Gasteiger partial charge >= 0.3 is 17.9 Å². The number of carbonyl (C=O) groups excluding carboxylic acids is 2. The zero-order chi connectivity index (χ0) is 61.5. The summed E-state index contributed by atoms with van der Waals surface area (Å²) >= 11 is 7.94. The van der Waals surface area contributed by atoms with Crippen molar-refractivity contribution in [3.05, 3.63) is 229 Å². The number of rotatable bonds is 9. The molecule has 93 heavy (non-hydrogen) atoms. The van der Waals surface area contributed by atoms with Crippen LogP contribution in [0.2, 0.25) is 0 Å². The Labute approximate surface area is 689 Å². The van der Waals surface area contributed by atoms with E-state index in [9.17, 15) is 69.0 Å². The smallest absolute Gasteiger partial charge is 0.336 e. The third-order valence-corrected chi connectivity index (χ3v) is 14.8. The normalized spacial score (nSPS) is 11.1. The predicted octanol–water partition coefficient (Wildman–Crippen LogP) is 12.9. The quantitative estimate of drug-likeness (QED) is 0.0257. The van der Waals surface area contributed by atoms with Gasteiger partial charge in [-0.3, -0.25) is 24.0 Å². The van der Waals surface area contributed by atoms with Gasteiger partial charge in [0.15, 0.2) is 16.3 Å². The van der Waals surface area contributed by atoms with Crippen LogP contribution in [0.4, 0.5) is 11.4 Å². The first-order valence-corrected chi connectivity index (χ1v) is 27.2. The molecule has 6 aromatic carbocycles. The maximum absolute atomic E-state index is 12.2. The minimum absolute atomic E-state index is 0. The molecule has 0 unspecified atom stereocenters. The number of phenols is 3. The number of aliphatic imine (C=N–C) groups is 1. The van der Waals surface area contributed by atoms with Crippen LogP contribution in [0, 0.1) is 0 Å². The molecule has 4 aliphatic heterocycles. The van der Waals surface area contributed by atoms with Gasteiger partial charge in [-0.25, -0.2) is 19.3 Å². The van der Waals surface area contributed by atoms with Crippen molar-refractivity contribution >= 4 is 107 Å². The number of amides is 2. The topological polar surface area (TPSA) is 313 Å². The molecule has 0 spiro atoms. The SMILES string of the molecule is O=C(O)c1cc(CBr)ccc1-c1c2ccc(=O)cc-2oc2cc(O)ccc12.O=C(O)c1cc(N2C(=O)C=CC2=O)ccc1-c1c2ccc(=O)cc-2oc2cc(O)ccc12.O=C(O)c1cc(N=C=S)ccc1-c1c2ccc(=O)cc-2oc2cc(O)ccc12.[Y].[Y].[Y].[Y].[Y].[Y]. The Kier molecular flexibility index (Phi) is 28.6.